The van der Waals surface area contributed by atoms with Gasteiger partial charge in [-0.3, -0.25) is 9.36 Å². The van der Waals surface area contributed by atoms with Crippen molar-refractivity contribution in [2.45, 2.75) is 17.9 Å². The fourth-order valence-electron chi connectivity index (χ4n) is 2.25. The number of rotatable bonds is 6. The normalized spacial score (nSPS) is 11.1. The van der Waals surface area contributed by atoms with Crippen molar-refractivity contribution >= 4 is 34.7 Å². The van der Waals surface area contributed by atoms with E-state index in [-0.39, 0.29) is 11.1 Å². The zero-order valence-electron chi connectivity index (χ0n) is 14.0. The van der Waals surface area contributed by atoms with Crippen molar-refractivity contribution in [1.29, 1.82) is 10.5 Å². The first-order chi connectivity index (χ1) is 12.1. The van der Waals surface area contributed by atoms with Crippen LogP contribution in [0.1, 0.15) is 12.0 Å². The number of thiazole rings is 1. The molecule has 0 fully saturated rings. The molecule has 0 spiro atoms. The molecule has 0 aliphatic rings. The minimum Gasteiger partial charge on any atom is -0.385 e. The topological polar surface area (TPSA) is 78.8 Å². The summed E-state index contributed by atoms with van der Waals surface area (Å²) >= 11 is 2.82. The van der Waals surface area contributed by atoms with Gasteiger partial charge in [-0.05, 0) is 36.4 Å². The smallest absolute Gasteiger partial charge is 0.269 e. The number of hydrogen-bond acceptors (Lipinski definition) is 6. The summed E-state index contributed by atoms with van der Waals surface area (Å²) in [5.41, 5.74) is 0.673. The molecular weight excluding hydrogens is 354 g/mol. The quantitative estimate of drug-likeness (QED) is 0.570. The summed E-state index contributed by atoms with van der Waals surface area (Å²) in [7, 11) is 1.59. The van der Waals surface area contributed by atoms with E-state index >= 15 is 0 Å². The molecule has 0 aliphatic carbocycles. The van der Waals surface area contributed by atoms with Crippen molar-refractivity contribution in [2.24, 2.45) is 0 Å². The summed E-state index contributed by atoms with van der Waals surface area (Å²) < 4.78 is 7.42. The Bertz CT molecular complexity index is 973. The van der Waals surface area contributed by atoms with Crippen LogP contribution in [0.15, 0.2) is 34.0 Å². The molecule has 1 aromatic carbocycles. The lowest BCUT2D eigenvalue weighted by molar-refractivity contribution is 0.190. The van der Waals surface area contributed by atoms with Gasteiger partial charge in [0, 0.05) is 25.2 Å². The highest BCUT2D eigenvalue weighted by Gasteiger charge is 2.09. The molecule has 2 rings (SSSR count). The van der Waals surface area contributed by atoms with Crippen molar-refractivity contribution in [3.8, 4) is 12.1 Å². The molecule has 128 valence electrons. The van der Waals surface area contributed by atoms with E-state index in [9.17, 15) is 4.79 Å². The first kappa shape index (κ1) is 19.0. The molecule has 0 unspecified atom stereocenters. The van der Waals surface area contributed by atoms with Gasteiger partial charge in [-0.2, -0.15) is 10.5 Å². The largest absolute Gasteiger partial charge is 0.385 e. The van der Waals surface area contributed by atoms with Crippen molar-refractivity contribution in [3.05, 3.63) is 49.4 Å². The third-order valence-electron chi connectivity index (χ3n) is 3.49. The zero-order valence-corrected chi connectivity index (χ0v) is 15.6. The Hall–Kier alpha value is -2.32. The summed E-state index contributed by atoms with van der Waals surface area (Å²) in [5, 5.41) is 18.3. The molecule has 25 heavy (non-hydrogen) atoms. The molecule has 0 radical (unpaired) electrons. The number of benzene rings is 1. The summed E-state index contributed by atoms with van der Waals surface area (Å²) in [5.74, 6) is 0. The first-order valence-electron chi connectivity index (χ1n) is 7.53. The number of aromatic nitrogens is 1. The lowest BCUT2D eigenvalue weighted by atomic mass is 10.2. The number of hydrogen-bond donors (Lipinski definition) is 0. The van der Waals surface area contributed by atoms with Crippen LogP contribution in [0.4, 0.5) is 0 Å². The molecule has 0 saturated heterocycles. The number of nitriles is 2. The Morgan fingerprint density at radius 3 is 2.56 bits per heavy atom. The van der Waals surface area contributed by atoms with E-state index in [4.69, 9.17) is 15.3 Å². The van der Waals surface area contributed by atoms with Gasteiger partial charge in [-0.15, -0.1) is 23.1 Å². The van der Waals surface area contributed by atoms with Gasteiger partial charge in [-0.1, -0.05) is 12.1 Å². The number of methoxy groups -OCH3 is 1. The van der Waals surface area contributed by atoms with E-state index in [1.54, 1.807) is 24.9 Å². The summed E-state index contributed by atoms with van der Waals surface area (Å²) in [6.45, 7) is 0.913. The molecule has 0 aliphatic heterocycles. The number of thioether (sulfide) groups is 1. The molecule has 0 atom stereocenters. The van der Waals surface area contributed by atoms with Gasteiger partial charge in [0.1, 0.15) is 16.8 Å². The van der Waals surface area contributed by atoms with Crippen molar-refractivity contribution in [2.75, 3.05) is 20.0 Å². The number of ether oxygens (including phenoxy) is 1. The van der Waals surface area contributed by atoms with Gasteiger partial charge in [0.15, 0.2) is 5.57 Å². The number of nitrogens with zero attached hydrogens (tertiary/aromatic N) is 3. The first-order valence-corrected chi connectivity index (χ1v) is 9.57. The van der Waals surface area contributed by atoms with Gasteiger partial charge in [0.25, 0.3) is 5.56 Å². The van der Waals surface area contributed by atoms with E-state index in [0.29, 0.717) is 28.8 Å². The second kappa shape index (κ2) is 9.24. The van der Waals surface area contributed by atoms with Crippen LogP contribution >= 0.6 is 23.1 Å². The van der Waals surface area contributed by atoms with Gasteiger partial charge in [-0.25, -0.2) is 0 Å². The maximum Gasteiger partial charge on any atom is 0.269 e. The van der Waals surface area contributed by atoms with Crippen LogP contribution < -0.4 is 14.8 Å². The van der Waals surface area contributed by atoms with Crippen molar-refractivity contribution < 1.29 is 4.74 Å². The average Bonchev–Trinajstić information content (AvgIpc) is 2.93. The molecule has 7 heteroatoms. The highest BCUT2D eigenvalue weighted by atomic mass is 32.2. The van der Waals surface area contributed by atoms with Crippen LogP contribution in [0.2, 0.25) is 0 Å². The lowest BCUT2D eigenvalue weighted by Crippen LogP contribution is -2.32. The second-order valence-corrected chi connectivity index (χ2v) is 7.00. The Morgan fingerprint density at radius 1 is 1.32 bits per heavy atom. The van der Waals surface area contributed by atoms with Crippen LogP contribution in [0, 0.1) is 22.7 Å². The van der Waals surface area contributed by atoms with E-state index in [1.165, 1.54) is 15.9 Å². The average molecular weight is 371 g/mol. The summed E-state index contributed by atoms with van der Waals surface area (Å²) in [4.78, 5) is 13.9. The highest BCUT2D eigenvalue weighted by molar-refractivity contribution is 7.98. The van der Waals surface area contributed by atoms with Crippen molar-refractivity contribution in [1.82, 2.24) is 4.57 Å². The molecule has 0 N–H and O–H groups in total. The van der Waals surface area contributed by atoms with E-state index in [1.807, 2.05) is 42.7 Å². The maximum atomic E-state index is 12.7. The van der Waals surface area contributed by atoms with E-state index in [2.05, 4.69) is 0 Å². The maximum absolute atomic E-state index is 12.7. The third kappa shape index (κ3) is 4.61. The minimum absolute atomic E-state index is 0.0445. The Kier molecular flexibility index (Phi) is 7.03. The Morgan fingerprint density at radius 2 is 2.00 bits per heavy atom. The second-order valence-electron chi connectivity index (χ2n) is 5.09. The summed E-state index contributed by atoms with van der Waals surface area (Å²) in [6.07, 6.45) is 4.43. The molecule has 1 heterocycles. The van der Waals surface area contributed by atoms with Gasteiger partial charge in [0.2, 0.25) is 0 Å². The predicted octanol–water partition coefficient (Wildman–Crippen LogP) is 1.69. The lowest BCUT2D eigenvalue weighted by Gasteiger charge is -2.01. The standard InChI is InChI=1S/C18H17N3O2S2/c1-23-9-3-8-21-17(22)16(25-18(21)14(11-19)12-20)10-13-4-6-15(24-2)7-5-13/h4-7,10H,3,8-9H2,1-2H3/b16-10-. The van der Waals surface area contributed by atoms with E-state index in [0.717, 1.165) is 10.5 Å². The van der Waals surface area contributed by atoms with Crippen LogP contribution in [-0.2, 0) is 11.3 Å². The minimum atomic E-state index is -0.187. The molecule has 1 aromatic heterocycles. The highest BCUT2D eigenvalue weighted by Crippen LogP contribution is 2.14. The predicted molar refractivity (Wildman–Crippen MR) is 101 cm³/mol. The van der Waals surface area contributed by atoms with Crippen molar-refractivity contribution in [3.63, 3.8) is 0 Å². The van der Waals surface area contributed by atoms with Crippen LogP contribution in [0.3, 0.4) is 0 Å². The SMILES string of the molecule is COCCCn1c(=C(C#N)C#N)s/c(=C\c2ccc(SC)cc2)c1=O. The fourth-order valence-corrected chi connectivity index (χ4v) is 3.73. The van der Waals surface area contributed by atoms with Gasteiger partial charge < -0.3 is 4.74 Å². The third-order valence-corrected chi connectivity index (χ3v) is 5.36. The van der Waals surface area contributed by atoms with Gasteiger partial charge in [0.05, 0.1) is 4.53 Å². The molecule has 0 amide bonds. The Balaban J connectivity index is 2.60. The zero-order chi connectivity index (χ0) is 18.2. The molecule has 2 aromatic rings. The molecule has 5 nitrogen and oxygen atoms in total. The van der Waals surface area contributed by atoms with Gasteiger partial charge >= 0.3 is 0 Å². The molecule has 0 saturated carbocycles. The molecule has 0 bridgehead atoms. The monoisotopic (exact) mass is 371 g/mol. The van der Waals surface area contributed by atoms with E-state index < -0.39 is 0 Å². The van der Waals surface area contributed by atoms with Crippen LogP contribution in [-0.4, -0.2) is 24.5 Å². The molecular formula is C18H17N3O2S2. The van der Waals surface area contributed by atoms with Crippen LogP contribution in [0.5, 0.6) is 0 Å². The summed E-state index contributed by atoms with van der Waals surface area (Å²) in [6, 6.07) is 11.6. The Labute approximate surface area is 154 Å². The van der Waals surface area contributed by atoms with Crippen LogP contribution in [0.25, 0.3) is 11.6 Å². The fraction of sp³-hybridized carbons (Fsp3) is 0.278.